The molecule has 3 aromatic carbocycles. The van der Waals surface area contributed by atoms with Crippen LogP contribution in [-0.2, 0) is 4.79 Å². The van der Waals surface area contributed by atoms with E-state index < -0.39 is 0 Å². The van der Waals surface area contributed by atoms with E-state index in [1.807, 2.05) is 41.1 Å². The highest BCUT2D eigenvalue weighted by Crippen LogP contribution is 2.34. The first-order valence-electron chi connectivity index (χ1n) is 10.2. The van der Waals surface area contributed by atoms with Crippen LogP contribution in [-0.4, -0.2) is 35.4 Å². The summed E-state index contributed by atoms with van der Waals surface area (Å²) in [5, 5.41) is 4.01. The first kappa shape index (κ1) is 23.7. The monoisotopic (exact) mass is 497 g/mol. The summed E-state index contributed by atoms with van der Waals surface area (Å²) in [5.74, 6) is 0.743. The number of rotatable bonds is 8. The van der Waals surface area contributed by atoms with E-state index in [1.54, 1.807) is 26.4 Å². The zero-order chi connectivity index (χ0) is 24.1. The van der Waals surface area contributed by atoms with Crippen LogP contribution in [0, 0.1) is 5.82 Å². The van der Waals surface area contributed by atoms with Gasteiger partial charge in [-0.1, -0.05) is 23.4 Å². The van der Waals surface area contributed by atoms with E-state index in [9.17, 15) is 9.18 Å². The van der Waals surface area contributed by atoms with E-state index in [2.05, 4.69) is 5.32 Å². The van der Waals surface area contributed by atoms with Gasteiger partial charge in [0.2, 0.25) is 5.91 Å². The Morgan fingerprint density at radius 2 is 1.74 bits per heavy atom. The first-order valence-corrected chi connectivity index (χ1v) is 11.6. The fraction of sp³-hybridized carbons (Fsp3) is 0.120. The standard InChI is InChI=1S/C25H21ClFN3O3S/c1-32-22-12-3-16(13-23(22)33-2)21-14-30(20-10-4-17(26)5-11-20)25(29-21)34-15-24(31)28-19-8-6-18(27)7-9-19/h3-14H,15H2,1-2H3,(H,28,31). The fourth-order valence-electron chi connectivity index (χ4n) is 3.25. The molecule has 174 valence electrons. The molecule has 0 unspecified atom stereocenters. The minimum Gasteiger partial charge on any atom is -0.493 e. The summed E-state index contributed by atoms with van der Waals surface area (Å²) in [5.41, 5.74) is 2.92. The molecular weight excluding hydrogens is 477 g/mol. The van der Waals surface area contributed by atoms with Crippen molar-refractivity contribution in [2.45, 2.75) is 5.16 Å². The van der Waals surface area contributed by atoms with Crippen molar-refractivity contribution in [2.24, 2.45) is 0 Å². The predicted molar refractivity (Wildman–Crippen MR) is 133 cm³/mol. The molecule has 6 nitrogen and oxygen atoms in total. The summed E-state index contributed by atoms with van der Waals surface area (Å²) < 4.78 is 25.8. The third kappa shape index (κ3) is 5.52. The van der Waals surface area contributed by atoms with Gasteiger partial charge in [-0.2, -0.15) is 0 Å². The van der Waals surface area contributed by atoms with Gasteiger partial charge in [-0.05, 0) is 66.7 Å². The van der Waals surface area contributed by atoms with Crippen molar-refractivity contribution in [1.82, 2.24) is 9.55 Å². The number of imidazole rings is 1. The van der Waals surface area contributed by atoms with Crippen molar-refractivity contribution in [1.29, 1.82) is 0 Å². The van der Waals surface area contributed by atoms with Crippen molar-refractivity contribution in [2.75, 3.05) is 25.3 Å². The fourth-order valence-corrected chi connectivity index (χ4v) is 4.17. The maximum atomic E-state index is 13.1. The molecular formula is C25H21ClFN3O3S. The minimum atomic E-state index is -0.361. The molecule has 0 bridgehead atoms. The van der Waals surface area contributed by atoms with Gasteiger partial charge in [0.25, 0.3) is 0 Å². The van der Waals surface area contributed by atoms with Crippen molar-refractivity contribution >= 4 is 35.0 Å². The van der Waals surface area contributed by atoms with Gasteiger partial charge in [0, 0.05) is 28.2 Å². The zero-order valence-corrected chi connectivity index (χ0v) is 20.0. The number of ether oxygens (including phenoxy) is 2. The van der Waals surface area contributed by atoms with E-state index in [-0.39, 0.29) is 17.5 Å². The van der Waals surface area contributed by atoms with E-state index >= 15 is 0 Å². The Labute approximate surface area is 205 Å². The van der Waals surface area contributed by atoms with Gasteiger partial charge >= 0.3 is 0 Å². The number of thioether (sulfide) groups is 1. The number of amides is 1. The van der Waals surface area contributed by atoms with Crippen LogP contribution in [0.4, 0.5) is 10.1 Å². The highest BCUT2D eigenvalue weighted by Gasteiger charge is 2.16. The Hall–Kier alpha value is -3.49. The number of hydrogen-bond acceptors (Lipinski definition) is 5. The average molecular weight is 498 g/mol. The zero-order valence-electron chi connectivity index (χ0n) is 18.4. The Bertz CT molecular complexity index is 1290. The summed E-state index contributed by atoms with van der Waals surface area (Å²) in [7, 11) is 3.16. The molecule has 0 atom stereocenters. The van der Waals surface area contributed by atoms with E-state index in [0.717, 1.165) is 11.3 Å². The largest absolute Gasteiger partial charge is 0.493 e. The average Bonchev–Trinajstić information content (AvgIpc) is 3.28. The topological polar surface area (TPSA) is 65.4 Å². The lowest BCUT2D eigenvalue weighted by Crippen LogP contribution is -2.14. The van der Waals surface area contributed by atoms with Crippen LogP contribution >= 0.6 is 23.4 Å². The molecule has 1 aromatic heterocycles. The highest BCUT2D eigenvalue weighted by atomic mass is 35.5. The number of carbonyl (C=O) groups is 1. The lowest BCUT2D eigenvalue weighted by molar-refractivity contribution is -0.113. The number of benzene rings is 3. The molecule has 0 saturated heterocycles. The van der Waals surface area contributed by atoms with Crippen LogP contribution in [0.1, 0.15) is 0 Å². The van der Waals surface area contributed by atoms with Crippen LogP contribution in [0.15, 0.2) is 78.1 Å². The third-order valence-electron chi connectivity index (χ3n) is 4.92. The molecule has 0 spiro atoms. The van der Waals surface area contributed by atoms with Gasteiger partial charge < -0.3 is 14.8 Å². The second kappa shape index (κ2) is 10.6. The van der Waals surface area contributed by atoms with Crippen LogP contribution in [0.25, 0.3) is 16.9 Å². The van der Waals surface area contributed by atoms with Gasteiger partial charge in [-0.25, -0.2) is 9.37 Å². The molecule has 4 aromatic rings. The van der Waals surface area contributed by atoms with Gasteiger partial charge in [-0.15, -0.1) is 0 Å². The quantitative estimate of drug-likeness (QED) is 0.299. The molecule has 0 aliphatic rings. The van der Waals surface area contributed by atoms with E-state index in [4.69, 9.17) is 26.1 Å². The number of carbonyl (C=O) groups excluding carboxylic acids is 1. The lowest BCUT2D eigenvalue weighted by atomic mass is 10.1. The molecule has 0 radical (unpaired) electrons. The molecule has 1 N–H and O–H groups in total. The molecule has 0 saturated carbocycles. The SMILES string of the molecule is COc1ccc(-c2cn(-c3ccc(Cl)cc3)c(SCC(=O)Nc3ccc(F)cc3)n2)cc1OC. The normalized spacial score (nSPS) is 10.7. The van der Waals surface area contributed by atoms with Gasteiger partial charge in [-0.3, -0.25) is 9.36 Å². The first-order chi connectivity index (χ1) is 16.5. The van der Waals surface area contributed by atoms with E-state index in [0.29, 0.717) is 33.1 Å². The van der Waals surface area contributed by atoms with Crippen LogP contribution in [0.2, 0.25) is 5.02 Å². The van der Waals surface area contributed by atoms with Crippen molar-refractivity contribution in [3.8, 4) is 28.4 Å². The summed E-state index contributed by atoms with van der Waals surface area (Å²) >= 11 is 7.35. The number of nitrogens with zero attached hydrogens (tertiary/aromatic N) is 2. The highest BCUT2D eigenvalue weighted by molar-refractivity contribution is 7.99. The molecule has 0 aliphatic heterocycles. The molecule has 34 heavy (non-hydrogen) atoms. The smallest absolute Gasteiger partial charge is 0.234 e. The number of hydrogen-bond donors (Lipinski definition) is 1. The minimum absolute atomic E-state index is 0.118. The van der Waals surface area contributed by atoms with Gasteiger partial charge in [0.1, 0.15) is 5.82 Å². The Kier molecular flexibility index (Phi) is 7.40. The Morgan fingerprint density at radius 3 is 2.41 bits per heavy atom. The Morgan fingerprint density at radius 1 is 1.03 bits per heavy atom. The lowest BCUT2D eigenvalue weighted by Gasteiger charge is -2.08. The summed E-state index contributed by atoms with van der Waals surface area (Å²) in [4.78, 5) is 17.3. The van der Waals surface area contributed by atoms with Crippen LogP contribution in [0.3, 0.4) is 0 Å². The second-order valence-corrected chi connectivity index (χ2v) is 8.55. The van der Waals surface area contributed by atoms with Crippen molar-refractivity contribution in [3.05, 3.63) is 83.8 Å². The summed E-state index contributed by atoms with van der Waals surface area (Å²) in [6.07, 6.45) is 1.89. The molecule has 9 heteroatoms. The molecule has 0 fully saturated rings. The van der Waals surface area contributed by atoms with Gasteiger partial charge in [0.15, 0.2) is 16.7 Å². The maximum Gasteiger partial charge on any atom is 0.234 e. The predicted octanol–water partition coefficient (Wildman–Crippen LogP) is 6.08. The molecule has 1 heterocycles. The van der Waals surface area contributed by atoms with Crippen molar-refractivity contribution in [3.63, 3.8) is 0 Å². The number of methoxy groups -OCH3 is 2. The maximum absolute atomic E-state index is 13.1. The third-order valence-corrected chi connectivity index (χ3v) is 6.12. The molecule has 0 aliphatic carbocycles. The molecule has 1 amide bonds. The van der Waals surface area contributed by atoms with Crippen LogP contribution in [0.5, 0.6) is 11.5 Å². The summed E-state index contributed by atoms with van der Waals surface area (Å²) in [6.45, 7) is 0. The van der Waals surface area contributed by atoms with Crippen LogP contribution < -0.4 is 14.8 Å². The van der Waals surface area contributed by atoms with E-state index in [1.165, 1.54) is 36.0 Å². The molecule has 4 rings (SSSR count). The number of halogens is 2. The van der Waals surface area contributed by atoms with Crippen molar-refractivity contribution < 1.29 is 18.7 Å². The number of aromatic nitrogens is 2. The van der Waals surface area contributed by atoms with Gasteiger partial charge in [0.05, 0.1) is 25.7 Å². The number of anilines is 1. The number of nitrogens with one attached hydrogen (secondary N) is 1. The summed E-state index contributed by atoms with van der Waals surface area (Å²) in [6, 6.07) is 18.5. The second-order valence-electron chi connectivity index (χ2n) is 7.17. The Balaban J connectivity index is 1.61.